The highest BCUT2D eigenvalue weighted by Gasteiger charge is 2.49. The van der Waals surface area contributed by atoms with Crippen LogP contribution in [0, 0.1) is 0 Å². The largest absolute Gasteiger partial charge is 0.391 e. The minimum atomic E-state index is -0.442. The molecule has 0 radical (unpaired) electrons. The zero-order valence-electron chi connectivity index (χ0n) is 12.2. The first-order valence-corrected chi connectivity index (χ1v) is 7.48. The number of rotatable bonds is 8. The fourth-order valence-corrected chi connectivity index (χ4v) is 2.42. The van der Waals surface area contributed by atoms with Gasteiger partial charge in [-0.05, 0) is 12.8 Å². The van der Waals surface area contributed by atoms with Gasteiger partial charge in [0.2, 0.25) is 0 Å². The van der Waals surface area contributed by atoms with E-state index >= 15 is 0 Å². The number of ether oxygens (including phenoxy) is 4. The summed E-state index contributed by atoms with van der Waals surface area (Å²) >= 11 is 0. The summed E-state index contributed by atoms with van der Waals surface area (Å²) in [6, 6.07) is 0. The van der Waals surface area contributed by atoms with Crippen LogP contribution in [-0.2, 0) is 18.9 Å². The van der Waals surface area contributed by atoms with Gasteiger partial charge in [0.1, 0.15) is 24.4 Å². The lowest BCUT2D eigenvalue weighted by Crippen LogP contribution is -2.36. The Kier molecular flexibility index (Phi) is 6.20. The van der Waals surface area contributed by atoms with Crippen molar-refractivity contribution in [3.8, 4) is 0 Å². The van der Waals surface area contributed by atoms with Crippen LogP contribution in [0.25, 0.3) is 0 Å². The van der Waals surface area contributed by atoms with Crippen molar-refractivity contribution >= 4 is 0 Å². The van der Waals surface area contributed by atoms with E-state index in [2.05, 4.69) is 0 Å². The van der Waals surface area contributed by atoms with E-state index in [-0.39, 0.29) is 24.4 Å². The second-order valence-corrected chi connectivity index (χ2v) is 5.46. The number of aliphatic hydroxyl groups is 2. The van der Waals surface area contributed by atoms with Gasteiger partial charge in [-0.15, -0.1) is 0 Å². The van der Waals surface area contributed by atoms with Crippen molar-refractivity contribution in [3.05, 3.63) is 0 Å². The van der Waals surface area contributed by atoms with Crippen LogP contribution in [0.1, 0.15) is 26.7 Å². The summed E-state index contributed by atoms with van der Waals surface area (Å²) in [5.41, 5.74) is 0. The molecule has 0 amide bonds. The second-order valence-electron chi connectivity index (χ2n) is 5.46. The van der Waals surface area contributed by atoms with Crippen LogP contribution < -0.4 is 0 Å². The summed E-state index contributed by atoms with van der Waals surface area (Å²) in [6.07, 6.45) is -0.112. The van der Waals surface area contributed by atoms with E-state index in [1.807, 2.05) is 13.8 Å². The Morgan fingerprint density at radius 1 is 0.900 bits per heavy atom. The van der Waals surface area contributed by atoms with Gasteiger partial charge >= 0.3 is 0 Å². The molecule has 0 bridgehead atoms. The lowest BCUT2D eigenvalue weighted by Gasteiger charge is -2.19. The first-order valence-electron chi connectivity index (χ1n) is 7.48. The molecule has 0 aromatic carbocycles. The highest BCUT2D eigenvalue weighted by Crippen LogP contribution is 2.30. The van der Waals surface area contributed by atoms with E-state index in [9.17, 15) is 10.2 Å². The van der Waals surface area contributed by atoms with Crippen LogP contribution in [0.5, 0.6) is 0 Å². The molecular formula is C14H26O6. The molecular weight excluding hydrogens is 264 g/mol. The Balaban J connectivity index is 1.76. The summed E-state index contributed by atoms with van der Waals surface area (Å²) in [6.45, 7) is 5.35. The topological polar surface area (TPSA) is 77.4 Å². The van der Waals surface area contributed by atoms with Gasteiger partial charge in [0.25, 0.3) is 0 Å². The van der Waals surface area contributed by atoms with Crippen molar-refractivity contribution in [2.45, 2.75) is 63.3 Å². The smallest absolute Gasteiger partial charge is 0.115 e. The van der Waals surface area contributed by atoms with Crippen LogP contribution >= 0.6 is 0 Å². The molecule has 20 heavy (non-hydrogen) atoms. The molecule has 0 saturated carbocycles. The maximum Gasteiger partial charge on any atom is 0.115 e. The van der Waals surface area contributed by atoms with E-state index in [4.69, 9.17) is 18.9 Å². The van der Waals surface area contributed by atoms with Crippen molar-refractivity contribution in [1.29, 1.82) is 0 Å². The van der Waals surface area contributed by atoms with Gasteiger partial charge in [-0.25, -0.2) is 0 Å². The monoisotopic (exact) mass is 290 g/mol. The summed E-state index contributed by atoms with van der Waals surface area (Å²) in [7, 11) is 0. The number of hydrogen-bond acceptors (Lipinski definition) is 6. The minimum absolute atomic E-state index is 0.136. The van der Waals surface area contributed by atoms with Gasteiger partial charge in [0, 0.05) is 0 Å². The van der Waals surface area contributed by atoms with Crippen LogP contribution in [0.15, 0.2) is 0 Å². The first-order chi connectivity index (χ1) is 9.65. The second kappa shape index (κ2) is 7.68. The molecule has 4 unspecified atom stereocenters. The van der Waals surface area contributed by atoms with E-state index in [1.165, 1.54) is 0 Å². The average Bonchev–Trinajstić information content (AvgIpc) is 3.04. The molecule has 0 aliphatic carbocycles. The van der Waals surface area contributed by atoms with Gasteiger partial charge in [0.05, 0.1) is 38.6 Å². The van der Waals surface area contributed by atoms with Crippen molar-refractivity contribution in [3.63, 3.8) is 0 Å². The molecule has 6 nitrogen and oxygen atoms in total. The molecule has 0 aromatic heterocycles. The third-order valence-corrected chi connectivity index (χ3v) is 3.91. The summed E-state index contributed by atoms with van der Waals surface area (Å²) < 4.78 is 22.7. The lowest BCUT2D eigenvalue weighted by atomic mass is 10.1. The van der Waals surface area contributed by atoms with Crippen LogP contribution in [-0.4, -0.2) is 73.3 Å². The van der Waals surface area contributed by atoms with E-state index < -0.39 is 12.2 Å². The standard InChI is InChI=1S/C14H26O6/c1-3-9(15)5-17-11-7-19-14-12(8-20-13(11)14)18-6-10(16)4-2/h9-16H,3-8H2,1-2H3/t9?,10?,11-,12+,13?,14?. The third kappa shape index (κ3) is 3.90. The van der Waals surface area contributed by atoms with Gasteiger partial charge in [-0.3, -0.25) is 0 Å². The quantitative estimate of drug-likeness (QED) is 0.660. The molecule has 2 heterocycles. The van der Waals surface area contributed by atoms with Crippen LogP contribution in [0.4, 0.5) is 0 Å². The SMILES string of the molecule is CCC(O)CO[C@H]1COC2C1OC[C@H]2OCC(O)CC. The zero-order chi connectivity index (χ0) is 14.5. The molecule has 2 aliphatic heterocycles. The maximum absolute atomic E-state index is 9.52. The highest BCUT2D eigenvalue weighted by molar-refractivity contribution is 4.96. The Morgan fingerprint density at radius 3 is 1.65 bits per heavy atom. The van der Waals surface area contributed by atoms with Crippen LogP contribution in [0.2, 0.25) is 0 Å². The number of fused-ring (bicyclic) bond motifs is 1. The molecule has 2 N–H and O–H groups in total. The van der Waals surface area contributed by atoms with E-state index in [0.29, 0.717) is 39.3 Å². The molecule has 2 rings (SSSR count). The van der Waals surface area contributed by atoms with Crippen molar-refractivity contribution in [2.24, 2.45) is 0 Å². The van der Waals surface area contributed by atoms with Gasteiger partial charge in [0.15, 0.2) is 0 Å². The number of aliphatic hydroxyl groups excluding tert-OH is 2. The van der Waals surface area contributed by atoms with Gasteiger partial charge in [-0.1, -0.05) is 13.8 Å². The summed E-state index contributed by atoms with van der Waals surface area (Å²) in [4.78, 5) is 0. The van der Waals surface area contributed by atoms with Crippen LogP contribution in [0.3, 0.4) is 0 Å². The van der Waals surface area contributed by atoms with Gasteiger partial charge in [-0.2, -0.15) is 0 Å². The van der Waals surface area contributed by atoms with Gasteiger partial charge < -0.3 is 29.2 Å². The molecule has 0 spiro atoms. The lowest BCUT2D eigenvalue weighted by molar-refractivity contribution is -0.0761. The Labute approximate surface area is 120 Å². The molecule has 6 atom stereocenters. The first kappa shape index (κ1) is 16.1. The van der Waals surface area contributed by atoms with Crippen molar-refractivity contribution in [2.75, 3.05) is 26.4 Å². The van der Waals surface area contributed by atoms with Crippen molar-refractivity contribution in [1.82, 2.24) is 0 Å². The maximum atomic E-state index is 9.52. The Bertz CT molecular complexity index is 259. The summed E-state index contributed by atoms with van der Waals surface area (Å²) in [5, 5.41) is 19.0. The fraction of sp³-hybridized carbons (Fsp3) is 1.00. The molecule has 2 aliphatic rings. The Hall–Kier alpha value is -0.240. The average molecular weight is 290 g/mol. The predicted octanol–water partition coefficient (Wildman–Crippen LogP) is 0.0962. The number of hydrogen-bond donors (Lipinski definition) is 2. The predicted molar refractivity (Wildman–Crippen MR) is 71.6 cm³/mol. The van der Waals surface area contributed by atoms with E-state index in [0.717, 1.165) is 0 Å². The van der Waals surface area contributed by atoms with Crippen molar-refractivity contribution < 1.29 is 29.2 Å². The minimum Gasteiger partial charge on any atom is -0.391 e. The summed E-state index contributed by atoms with van der Waals surface area (Å²) in [5.74, 6) is 0. The van der Waals surface area contributed by atoms with E-state index in [1.54, 1.807) is 0 Å². The normalized spacial score (nSPS) is 36.0. The molecule has 2 fully saturated rings. The third-order valence-electron chi connectivity index (χ3n) is 3.91. The Morgan fingerprint density at radius 2 is 1.30 bits per heavy atom. The highest BCUT2D eigenvalue weighted by atomic mass is 16.6. The fourth-order valence-electron chi connectivity index (χ4n) is 2.42. The zero-order valence-corrected chi connectivity index (χ0v) is 12.2. The molecule has 0 aromatic rings. The molecule has 118 valence electrons. The molecule has 2 saturated heterocycles. The molecule has 6 heteroatoms.